The first kappa shape index (κ1) is 18.0. The summed E-state index contributed by atoms with van der Waals surface area (Å²) in [6, 6.07) is 2.75. The second kappa shape index (κ2) is 7.78. The second-order valence-corrected chi connectivity index (χ2v) is 4.82. The number of amides is 2. The molecule has 9 heteroatoms. The quantitative estimate of drug-likeness (QED) is 0.450. The molecule has 9 nitrogen and oxygen atoms in total. The molecule has 0 aliphatic heterocycles. The summed E-state index contributed by atoms with van der Waals surface area (Å²) < 4.78 is 0. The summed E-state index contributed by atoms with van der Waals surface area (Å²) in [6.07, 6.45) is -0.650. The van der Waals surface area contributed by atoms with Gasteiger partial charge in [-0.05, 0) is 24.6 Å². The molecule has 1 aromatic carbocycles. The fourth-order valence-corrected chi connectivity index (χ4v) is 1.82. The van der Waals surface area contributed by atoms with Crippen LogP contribution in [-0.2, 0) is 14.4 Å². The predicted octanol–water partition coefficient (Wildman–Crippen LogP) is 0.275. The Morgan fingerprint density at radius 2 is 1.83 bits per heavy atom. The van der Waals surface area contributed by atoms with Crippen molar-refractivity contribution in [3.8, 4) is 0 Å². The SMILES string of the molecule is CC(=O)Nc1cc(N)cc(C(=O)NC(CCC(=O)O)C(=O)O)c1. The van der Waals surface area contributed by atoms with E-state index in [4.69, 9.17) is 15.9 Å². The van der Waals surface area contributed by atoms with Crippen LogP contribution >= 0.6 is 0 Å². The third-order valence-corrected chi connectivity index (χ3v) is 2.79. The predicted molar refractivity (Wildman–Crippen MR) is 80.9 cm³/mol. The largest absolute Gasteiger partial charge is 0.481 e. The van der Waals surface area contributed by atoms with E-state index in [0.717, 1.165) is 0 Å². The maximum absolute atomic E-state index is 12.1. The third-order valence-electron chi connectivity index (χ3n) is 2.79. The van der Waals surface area contributed by atoms with E-state index < -0.39 is 30.3 Å². The van der Waals surface area contributed by atoms with Gasteiger partial charge >= 0.3 is 11.9 Å². The van der Waals surface area contributed by atoms with Crippen LogP contribution in [0.5, 0.6) is 0 Å². The van der Waals surface area contributed by atoms with Gasteiger partial charge < -0.3 is 26.6 Å². The lowest BCUT2D eigenvalue weighted by atomic mass is 10.1. The number of carbonyl (C=O) groups is 4. The molecule has 6 N–H and O–H groups in total. The van der Waals surface area contributed by atoms with Crippen molar-refractivity contribution >= 4 is 35.1 Å². The fourth-order valence-electron chi connectivity index (χ4n) is 1.82. The molecule has 1 aromatic rings. The van der Waals surface area contributed by atoms with E-state index in [9.17, 15) is 19.2 Å². The van der Waals surface area contributed by atoms with Crippen LogP contribution in [0, 0.1) is 0 Å². The van der Waals surface area contributed by atoms with Crippen LogP contribution in [-0.4, -0.2) is 40.0 Å². The van der Waals surface area contributed by atoms with Crippen LogP contribution in [0.3, 0.4) is 0 Å². The Kier molecular flexibility index (Phi) is 6.07. The number of rotatable bonds is 7. The zero-order chi connectivity index (χ0) is 17.6. The average Bonchev–Trinajstić information content (AvgIpc) is 2.41. The lowest BCUT2D eigenvalue weighted by Gasteiger charge is -2.14. The van der Waals surface area contributed by atoms with E-state index in [1.54, 1.807) is 0 Å². The van der Waals surface area contributed by atoms with Gasteiger partial charge in [-0.25, -0.2) is 4.79 Å². The topological polar surface area (TPSA) is 159 Å². The van der Waals surface area contributed by atoms with Crippen molar-refractivity contribution in [3.63, 3.8) is 0 Å². The van der Waals surface area contributed by atoms with E-state index in [-0.39, 0.29) is 23.6 Å². The Balaban J connectivity index is 2.90. The molecule has 0 aliphatic carbocycles. The number of carboxylic acids is 2. The van der Waals surface area contributed by atoms with Gasteiger partial charge in [0.2, 0.25) is 5.91 Å². The highest BCUT2D eigenvalue weighted by molar-refractivity contribution is 5.99. The molecule has 2 amide bonds. The fraction of sp³-hybridized carbons (Fsp3) is 0.286. The molecule has 1 rings (SSSR count). The first-order valence-corrected chi connectivity index (χ1v) is 6.62. The number of carboxylic acid groups (broad SMARTS) is 2. The highest BCUT2D eigenvalue weighted by atomic mass is 16.4. The van der Waals surface area contributed by atoms with Gasteiger partial charge in [-0.1, -0.05) is 0 Å². The summed E-state index contributed by atoms with van der Waals surface area (Å²) in [5, 5.41) is 22.3. The van der Waals surface area contributed by atoms with Crippen molar-refractivity contribution in [2.24, 2.45) is 0 Å². The van der Waals surface area contributed by atoms with Crippen LogP contribution in [0.15, 0.2) is 18.2 Å². The third kappa shape index (κ3) is 6.04. The molecule has 0 radical (unpaired) electrons. The maximum atomic E-state index is 12.1. The standard InChI is InChI=1S/C14H17N3O6/c1-7(18)16-10-5-8(4-9(15)6-10)13(21)17-11(14(22)23)2-3-12(19)20/h4-6,11H,2-3,15H2,1H3,(H,16,18)(H,17,21)(H,19,20)(H,22,23). The number of hydrogen-bond donors (Lipinski definition) is 5. The number of anilines is 2. The van der Waals surface area contributed by atoms with Crippen molar-refractivity contribution in [1.82, 2.24) is 5.32 Å². The van der Waals surface area contributed by atoms with Gasteiger partial charge in [-0.3, -0.25) is 14.4 Å². The van der Waals surface area contributed by atoms with Crippen molar-refractivity contribution in [1.29, 1.82) is 0 Å². The zero-order valence-electron chi connectivity index (χ0n) is 12.3. The molecule has 0 aromatic heterocycles. The number of aliphatic carboxylic acids is 2. The summed E-state index contributed by atoms with van der Waals surface area (Å²) in [5.74, 6) is -3.60. The number of benzene rings is 1. The summed E-state index contributed by atoms with van der Waals surface area (Å²) >= 11 is 0. The molecule has 124 valence electrons. The molecule has 0 spiro atoms. The lowest BCUT2D eigenvalue weighted by molar-refractivity contribution is -0.140. The van der Waals surface area contributed by atoms with Crippen molar-refractivity contribution in [3.05, 3.63) is 23.8 Å². The zero-order valence-corrected chi connectivity index (χ0v) is 12.3. The van der Waals surface area contributed by atoms with Crippen LogP contribution in [0.4, 0.5) is 11.4 Å². The summed E-state index contributed by atoms with van der Waals surface area (Å²) in [4.78, 5) is 44.7. The van der Waals surface area contributed by atoms with E-state index in [1.807, 2.05) is 0 Å². The smallest absolute Gasteiger partial charge is 0.326 e. The normalized spacial score (nSPS) is 11.3. The van der Waals surface area contributed by atoms with E-state index in [2.05, 4.69) is 10.6 Å². The molecule has 0 bridgehead atoms. The van der Waals surface area contributed by atoms with Crippen molar-refractivity contribution in [2.75, 3.05) is 11.1 Å². The van der Waals surface area contributed by atoms with E-state index >= 15 is 0 Å². The molecule has 0 fully saturated rings. The number of hydrogen-bond acceptors (Lipinski definition) is 5. The summed E-state index contributed by atoms with van der Waals surface area (Å²) in [6.45, 7) is 1.29. The van der Waals surface area contributed by atoms with Gasteiger partial charge in [0.25, 0.3) is 5.91 Å². The summed E-state index contributed by atoms with van der Waals surface area (Å²) in [7, 11) is 0. The highest BCUT2D eigenvalue weighted by Crippen LogP contribution is 2.17. The van der Waals surface area contributed by atoms with Gasteiger partial charge in [0.1, 0.15) is 6.04 Å². The molecule has 1 unspecified atom stereocenters. The average molecular weight is 323 g/mol. The van der Waals surface area contributed by atoms with Gasteiger partial charge in [-0.15, -0.1) is 0 Å². The summed E-state index contributed by atoms with van der Waals surface area (Å²) in [5.41, 5.74) is 6.19. The van der Waals surface area contributed by atoms with Crippen LogP contribution in [0.1, 0.15) is 30.1 Å². The molecule has 0 saturated carbocycles. The van der Waals surface area contributed by atoms with E-state index in [1.165, 1.54) is 25.1 Å². The van der Waals surface area contributed by atoms with Crippen molar-refractivity contribution < 1.29 is 29.4 Å². The minimum atomic E-state index is -1.34. The number of carbonyl (C=O) groups excluding carboxylic acids is 2. The van der Waals surface area contributed by atoms with Gasteiger partial charge in [0.15, 0.2) is 0 Å². The molecule has 23 heavy (non-hydrogen) atoms. The Morgan fingerprint density at radius 3 is 2.35 bits per heavy atom. The van der Waals surface area contributed by atoms with Crippen LogP contribution in [0.2, 0.25) is 0 Å². The molecule has 0 heterocycles. The molecule has 0 aliphatic rings. The van der Waals surface area contributed by atoms with Crippen molar-refractivity contribution in [2.45, 2.75) is 25.8 Å². The monoisotopic (exact) mass is 323 g/mol. The number of nitrogens with one attached hydrogen (secondary N) is 2. The van der Waals surface area contributed by atoms with E-state index in [0.29, 0.717) is 5.69 Å². The molecule has 1 atom stereocenters. The highest BCUT2D eigenvalue weighted by Gasteiger charge is 2.22. The van der Waals surface area contributed by atoms with Gasteiger partial charge in [0, 0.05) is 30.3 Å². The Bertz CT molecular complexity index is 643. The minimum Gasteiger partial charge on any atom is -0.481 e. The molecular formula is C14H17N3O6. The van der Waals surface area contributed by atoms with Gasteiger partial charge in [0.05, 0.1) is 0 Å². The molecular weight excluding hydrogens is 306 g/mol. The Hall–Kier alpha value is -3.10. The maximum Gasteiger partial charge on any atom is 0.326 e. The number of nitrogen functional groups attached to an aromatic ring is 1. The Morgan fingerprint density at radius 1 is 1.17 bits per heavy atom. The minimum absolute atomic E-state index is 0.0512. The van der Waals surface area contributed by atoms with Crippen LogP contribution in [0.25, 0.3) is 0 Å². The number of nitrogens with two attached hydrogens (primary N) is 1. The first-order chi connectivity index (χ1) is 10.7. The molecule has 0 saturated heterocycles. The lowest BCUT2D eigenvalue weighted by Crippen LogP contribution is -2.41. The Labute approximate surface area is 131 Å². The second-order valence-electron chi connectivity index (χ2n) is 4.82. The van der Waals surface area contributed by atoms with Crippen LogP contribution < -0.4 is 16.4 Å². The first-order valence-electron chi connectivity index (χ1n) is 6.62. The van der Waals surface area contributed by atoms with Gasteiger partial charge in [-0.2, -0.15) is 0 Å².